The number of hydrogen-bond donors (Lipinski definition) is 2. The SMILES string of the molecule is CC[C@H](C)[C@H](N)C(=O)N1C[C@H](OCc2ccc3c(c2)N(CCCOC)CCO3)[C@@H](c2ccc(OCCCOC)cc2)C[C@H]1CC(C)(C)C(=O)NC. The van der Waals surface area contributed by atoms with Gasteiger partial charge in [0.1, 0.15) is 18.1 Å². The Morgan fingerprint density at radius 3 is 2.47 bits per heavy atom. The number of hydrogen-bond acceptors (Lipinski definition) is 9. The lowest BCUT2D eigenvalue weighted by Gasteiger charge is -2.47. The van der Waals surface area contributed by atoms with Crippen molar-refractivity contribution in [1.82, 2.24) is 10.2 Å². The molecule has 0 radical (unpaired) electrons. The highest BCUT2D eigenvalue weighted by Crippen LogP contribution is 2.40. The Morgan fingerprint density at radius 1 is 1.06 bits per heavy atom. The Kier molecular flexibility index (Phi) is 15.4. The predicted octanol–water partition coefficient (Wildman–Crippen LogP) is 5.14. The normalized spacial score (nSPS) is 20.3. The van der Waals surface area contributed by atoms with E-state index in [1.807, 2.05) is 43.9 Å². The van der Waals surface area contributed by atoms with Crippen molar-refractivity contribution in [3.63, 3.8) is 0 Å². The Morgan fingerprint density at radius 2 is 1.78 bits per heavy atom. The molecular formula is C40H62N4O7. The van der Waals surface area contributed by atoms with Gasteiger partial charge in [-0.1, -0.05) is 52.3 Å². The number of carbonyl (C=O) groups is 2. The van der Waals surface area contributed by atoms with Crippen LogP contribution in [0.25, 0.3) is 0 Å². The van der Waals surface area contributed by atoms with Gasteiger partial charge < -0.3 is 44.5 Å². The molecule has 0 saturated carbocycles. The Bertz CT molecular complexity index is 1390. The van der Waals surface area contributed by atoms with Gasteiger partial charge in [0.2, 0.25) is 11.8 Å². The molecule has 2 heterocycles. The van der Waals surface area contributed by atoms with Crippen molar-refractivity contribution in [2.75, 3.05) is 72.2 Å². The fourth-order valence-corrected chi connectivity index (χ4v) is 7.18. The highest BCUT2D eigenvalue weighted by atomic mass is 16.5. The highest BCUT2D eigenvalue weighted by molar-refractivity contribution is 5.83. The van der Waals surface area contributed by atoms with Crippen LogP contribution in [0.5, 0.6) is 11.5 Å². The molecule has 2 aliphatic heterocycles. The molecule has 2 aliphatic rings. The van der Waals surface area contributed by atoms with Crippen molar-refractivity contribution in [2.45, 2.75) is 90.5 Å². The van der Waals surface area contributed by atoms with Crippen LogP contribution in [0.2, 0.25) is 0 Å². The second-order valence-corrected chi connectivity index (χ2v) is 14.7. The monoisotopic (exact) mass is 710 g/mol. The van der Waals surface area contributed by atoms with Crippen LogP contribution in [0.15, 0.2) is 42.5 Å². The summed E-state index contributed by atoms with van der Waals surface area (Å²) in [7, 11) is 5.07. The second kappa shape index (κ2) is 19.5. The molecular weight excluding hydrogens is 648 g/mol. The van der Waals surface area contributed by atoms with E-state index in [1.165, 1.54) is 0 Å². The fraction of sp³-hybridized carbons (Fsp3) is 0.650. The van der Waals surface area contributed by atoms with E-state index in [9.17, 15) is 9.59 Å². The van der Waals surface area contributed by atoms with E-state index in [0.29, 0.717) is 52.4 Å². The van der Waals surface area contributed by atoms with Gasteiger partial charge >= 0.3 is 0 Å². The van der Waals surface area contributed by atoms with Gasteiger partial charge in [0.25, 0.3) is 0 Å². The van der Waals surface area contributed by atoms with Crippen LogP contribution in [0.4, 0.5) is 5.69 Å². The van der Waals surface area contributed by atoms with Gasteiger partial charge in [0.05, 0.1) is 37.6 Å². The summed E-state index contributed by atoms with van der Waals surface area (Å²) in [6.45, 7) is 13.0. The minimum Gasteiger partial charge on any atom is -0.494 e. The maximum absolute atomic E-state index is 14.2. The number of benzene rings is 2. The van der Waals surface area contributed by atoms with E-state index < -0.39 is 11.5 Å². The van der Waals surface area contributed by atoms with Crippen LogP contribution in [0.3, 0.4) is 0 Å². The largest absolute Gasteiger partial charge is 0.494 e. The molecule has 0 aliphatic carbocycles. The maximum atomic E-state index is 14.2. The van der Waals surface area contributed by atoms with Gasteiger partial charge in [0, 0.05) is 71.4 Å². The van der Waals surface area contributed by atoms with Crippen LogP contribution in [0.1, 0.15) is 76.8 Å². The Balaban J connectivity index is 1.64. The van der Waals surface area contributed by atoms with Crippen LogP contribution in [-0.2, 0) is 30.4 Å². The van der Waals surface area contributed by atoms with Gasteiger partial charge in [-0.05, 0) is 60.6 Å². The quantitative estimate of drug-likeness (QED) is 0.191. The summed E-state index contributed by atoms with van der Waals surface area (Å²) < 4.78 is 29.2. The zero-order valence-electron chi connectivity index (χ0n) is 32.0. The molecule has 3 N–H and O–H groups in total. The molecule has 51 heavy (non-hydrogen) atoms. The van der Waals surface area contributed by atoms with Crippen molar-refractivity contribution in [3.8, 4) is 11.5 Å². The topological polar surface area (TPSA) is 125 Å². The summed E-state index contributed by atoms with van der Waals surface area (Å²) in [5.74, 6) is 1.50. The standard InChI is InChI=1S/C40H62N4O7/c1-8-28(2)37(41)38(45)44-26-36(51-27-29-11-16-35-34(23-29)43(18-22-50-35)17-9-19-47-6)33(24-31(44)25-40(3,4)39(46)42-5)30-12-14-32(15-13-30)49-21-10-20-48-7/h11-16,23,28,31,33,36-37H,8-10,17-22,24-27,41H2,1-7H3,(H,42,46)/t28-,31-,33+,36-,37-/m0/s1. The first-order valence-electron chi connectivity index (χ1n) is 18.6. The number of nitrogens with two attached hydrogens (primary N) is 1. The minimum atomic E-state index is -0.698. The van der Waals surface area contributed by atoms with Gasteiger partial charge in [-0.25, -0.2) is 0 Å². The average Bonchev–Trinajstić information content (AvgIpc) is 3.14. The number of nitrogens with zero attached hydrogens (tertiary/aromatic N) is 2. The Hall–Kier alpha value is -3.38. The third kappa shape index (κ3) is 10.8. The van der Waals surface area contributed by atoms with Gasteiger partial charge in [-0.2, -0.15) is 0 Å². The lowest BCUT2D eigenvalue weighted by atomic mass is 9.76. The molecule has 11 heteroatoms. The smallest absolute Gasteiger partial charge is 0.240 e. The summed E-state index contributed by atoms with van der Waals surface area (Å²) >= 11 is 0. The summed E-state index contributed by atoms with van der Waals surface area (Å²) in [5, 5.41) is 2.82. The second-order valence-electron chi connectivity index (χ2n) is 14.7. The molecule has 1 saturated heterocycles. The third-order valence-corrected chi connectivity index (χ3v) is 10.5. The third-order valence-electron chi connectivity index (χ3n) is 10.5. The number of methoxy groups -OCH3 is 2. The molecule has 0 unspecified atom stereocenters. The fourth-order valence-electron chi connectivity index (χ4n) is 7.18. The number of likely N-dealkylation sites (tertiary alicyclic amines) is 1. The number of fused-ring (bicyclic) bond motifs is 1. The number of piperidine rings is 1. The first kappa shape index (κ1) is 40.4. The number of rotatable bonds is 19. The molecule has 4 rings (SSSR count). The number of anilines is 1. The maximum Gasteiger partial charge on any atom is 0.240 e. The lowest BCUT2D eigenvalue weighted by Crippen LogP contribution is -2.58. The van der Waals surface area contributed by atoms with Gasteiger partial charge in [-0.3, -0.25) is 9.59 Å². The summed E-state index contributed by atoms with van der Waals surface area (Å²) in [6, 6.07) is 13.6. The van der Waals surface area contributed by atoms with Crippen LogP contribution in [-0.4, -0.2) is 102 Å². The molecule has 11 nitrogen and oxygen atoms in total. The number of amides is 2. The lowest BCUT2D eigenvalue weighted by molar-refractivity contribution is -0.146. The van der Waals surface area contributed by atoms with E-state index >= 15 is 0 Å². The molecule has 2 aromatic rings. The van der Waals surface area contributed by atoms with E-state index in [0.717, 1.165) is 60.7 Å². The summed E-state index contributed by atoms with van der Waals surface area (Å²) in [4.78, 5) is 31.4. The van der Waals surface area contributed by atoms with Crippen molar-refractivity contribution in [1.29, 1.82) is 0 Å². The van der Waals surface area contributed by atoms with Gasteiger partial charge in [-0.15, -0.1) is 0 Å². The van der Waals surface area contributed by atoms with E-state index in [-0.39, 0.29) is 35.8 Å². The molecule has 2 aromatic carbocycles. The van der Waals surface area contributed by atoms with Crippen LogP contribution in [0, 0.1) is 11.3 Å². The Labute approximate surface area is 305 Å². The number of nitrogens with one attached hydrogen (secondary N) is 1. The van der Waals surface area contributed by atoms with Crippen molar-refractivity contribution in [3.05, 3.63) is 53.6 Å². The average molecular weight is 711 g/mol. The molecule has 0 bridgehead atoms. The zero-order valence-corrected chi connectivity index (χ0v) is 32.0. The van der Waals surface area contributed by atoms with Crippen LogP contribution < -0.4 is 25.4 Å². The van der Waals surface area contributed by atoms with Gasteiger partial charge in [0.15, 0.2) is 0 Å². The first-order chi connectivity index (χ1) is 24.5. The van der Waals surface area contributed by atoms with Crippen molar-refractivity contribution < 1.29 is 33.3 Å². The molecule has 5 atom stereocenters. The number of ether oxygens (including phenoxy) is 5. The summed E-state index contributed by atoms with van der Waals surface area (Å²) in [5.41, 5.74) is 9.11. The van der Waals surface area contributed by atoms with Crippen LogP contribution >= 0.6 is 0 Å². The van der Waals surface area contributed by atoms with Crippen molar-refractivity contribution >= 4 is 17.5 Å². The van der Waals surface area contributed by atoms with E-state index in [4.69, 9.17) is 29.4 Å². The molecule has 0 aromatic heterocycles. The molecule has 2 amide bonds. The molecule has 0 spiro atoms. The van der Waals surface area contributed by atoms with E-state index in [1.54, 1.807) is 21.3 Å². The molecule has 1 fully saturated rings. The first-order valence-corrected chi connectivity index (χ1v) is 18.6. The van der Waals surface area contributed by atoms with E-state index in [2.05, 4.69) is 41.4 Å². The summed E-state index contributed by atoms with van der Waals surface area (Å²) in [6.07, 6.45) is 3.35. The number of carbonyl (C=O) groups excluding carboxylic acids is 2. The molecule has 284 valence electrons. The predicted molar refractivity (Wildman–Crippen MR) is 200 cm³/mol. The highest BCUT2D eigenvalue weighted by Gasteiger charge is 2.44. The zero-order chi connectivity index (χ0) is 37.0. The minimum absolute atomic E-state index is 0.0168. The van der Waals surface area contributed by atoms with Crippen molar-refractivity contribution in [2.24, 2.45) is 17.1 Å².